The molecule has 0 bridgehead atoms. The van der Waals surface area contributed by atoms with Crippen LogP contribution >= 0.6 is 0 Å². The maximum atomic E-state index is 10.5. The van der Waals surface area contributed by atoms with Gasteiger partial charge in [-0.2, -0.15) is 0 Å². The summed E-state index contributed by atoms with van der Waals surface area (Å²) >= 11 is 0. The number of unbranched alkanes of at least 4 members (excludes halogenated alkanes) is 2. The van der Waals surface area contributed by atoms with Gasteiger partial charge in [0.15, 0.2) is 0 Å². The molecule has 0 atom stereocenters. The summed E-state index contributed by atoms with van der Waals surface area (Å²) in [7, 11) is 0. The van der Waals surface area contributed by atoms with Crippen LogP contribution in [0.3, 0.4) is 0 Å². The quantitative estimate of drug-likeness (QED) is 0.723. The van der Waals surface area contributed by atoms with Gasteiger partial charge in [-0.25, -0.2) is 0 Å². The Morgan fingerprint density at radius 2 is 2.12 bits per heavy atom. The lowest BCUT2D eigenvalue weighted by Crippen LogP contribution is -1.97. The molecule has 0 aromatic carbocycles. The number of carbonyl (C=O) groups is 1. The van der Waals surface area contributed by atoms with Gasteiger partial charge in [0, 0.05) is 12.8 Å². The molecule has 0 saturated heterocycles. The Hall–Kier alpha value is -1.25. The Morgan fingerprint density at radius 1 is 1.38 bits per heavy atom. The van der Waals surface area contributed by atoms with Crippen molar-refractivity contribution in [2.45, 2.75) is 52.4 Å². The highest BCUT2D eigenvalue weighted by atomic mass is 16.4. The summed E-state index contributed by atoms with van der Waals surface area (Å²) in [6.45, 7) is 4.15. The maximum Gasteiger partial charge on any atom is 0.303 e. The molecule has 3 heteroatoms. The van der Waals surface area contributed by atoms with E-state index in [1.165, 1.54) is 12.8 Å². The largest absolute Gasteiger partial charge is 0.481 e. The summed E-state index contributed by atoms with van der Waals surface area (Å²) in [4.78, 5) is 10.5. The Balaban J connectivity index is 2.49. The second-order valence-electron chi connectivity index (χ2n) is 4.17. The molecule has 16 heavy (non-hydrogen) atoms. The van der Waals surface area contributed by atoms with E-state index in [1.807, 2.05) is 13.0 Å². The van der Waals surface area contributed by atoms with Crippen LogP contribution in [0.15, 0.2) is 10.5 Å². The van der Waals surface area contributed by atoms with Crippen LogP contribution in [0.4, 0.5) is 0 Å². The van der Waals surface area contributed by atoms with E-state index in [9.17, 15) is 4.79 Å². The zero-order valence-electron chi connectivity index (χ0n) is 10.1. The number of aliphatic carboxylic acids is 1. The minimum Gasteiger partial charge on any atom is -0.481 e. The minimum atomic E-state index is -0.775. The lowest BCUT2D eigenvalue weighted by molar-refractivity contribution is -0.137. The zero-order valence-corrected chi connectivity index (χ0v) is 10.1. The smallest absolute Gasteiger partial charge is 0.303 e. The third-order valence-electron chi connectivity index (χ3n) is 2.66. The molecular weight excluding hydrogens is 204 g/mol. The molecule has 1 heterocycles. The predicted octanol–water partition coefficient (Wildman–Crippen LogP) is 3.34. The van der Waals surface area contributed by atoms with Crippen molar-refractivity contribution in [3.05, 3.63) is 23.2 Å². The molecule has 1 rings (SSSR count). The van der Waals surface area contributed by atoms with Crippen LogP contribution in [-0.4, -0.2) is 11.1 Å². The SMILES string of the molecule is CCCCCc1cc(C)c(CCC(=O)O)o1. The number of aryl methyl sites for hydroxylation is 3. The van der Waals surface area contributed by atoms with Crippen LogP contribution < -0.4 is 0 Å². The average molecular weight is 224 g/mol. The van der Waals surface area contributed by atoms with E-state index < -0.39 is 5.97 Å². The molecule has 0 aliphatic rings. The highest BCUT2D eigenvalue weighted by molar-refractivity contribution is 5.67. The summed E-state index contributed by atoms with van der Waals surface area (Å²) in [6, 6.07) is 2.03. The molecule has 1 N–H and O–H groups in total. The van der Waals surface area contributed by atoms with E-state index in [1.54, 1.807) is 0 Å². The van der Waals surface area contributed by atoms with E-state index >= 15 is 0 Å². The lowest BCUT2D eigenvalue weighted by atomic mass is 10.1. The van der Waals surface area contributed by atoms with Crippen LogP contribution in [0.2, 0.25) is 0 Å². The number of hydrogen-bond acceptors (Lipinski definition) is 2. The number of rotatable bonds is 7. The first-order valence-corrected chi connectivity index (χ1v) is 5.93. The van der Waals surface area contributed by atoms with Gasteiger partial charge in [0.25, 0.3) is 0 Å². The Morgan fingerprint density at radius 3 is 2.75 bits per heavy atom. The Kier molecular flexibility index (Phi) is 5.09. The standard InChI is InChI=1S/C13H20O3/c1-3-4-5-6-11-9-10(2)12(16-11)7-8-13(14)15/h9H,3-8H2,1-2H3,(H,14,15). The third kappa shape index (κ3) is 4.09. The molecule has 90 valence electrons. The summed E-state index contributed by atoms with van der Waals surface area (Å²) in [5.41, 5.74) is 1.08. The first-order chi connectivity index (χ1) is 7.63. The molecule has 0 radical (unpaired) electrons. The second-order valence-corrected chi connectivity index (χ2v) is 4.17. The third-order valence-corrected chi connectivity index (χ3v) is 2.66. The van der Waals surface area contributed by atoms with Gasteiger partial charge in [0.2, 0.25) is 0 Å². The van der Waals surface area contributed by atoms with E-state index in [2.05, 4.69) is 6.92 Å². The van der Waals surface area contributed by atoms with Crippen LogP contribution in [0.5, 0.6) is 0 Å². The second kappa shape index (κ2) is 6.36. The topological polar surface area (TPSA) is 50.4 Å². The van der Waals surface area contributed by atoms with Gasteiger partial charge in [-0.1, -0.05) is 19.8 Å². The van der Waals surface area contributed by atoms with Crippen molar-refractivity contribution in [1.29, 1.82) is 0 Å². The van der Waals surface area contributed by atoms with Crippen molar-refractivity contribution < 1.29 is 14.3 Å². The summed E-state index contributed by atoms with van der Waals surface area (Å²) < 4.78 is 5.65. The fourth-order valence-electron chi connectivity index (χ4n) is 1.73. The summed E-state index contributed by atoms with van der Waals surface area (Å²) in [5, 5.41) is 8.60. The highest BCUT2D eigenvalue weighted by Crippen LogP contribution is 2.18. The first-order valence-electron chi connectivity index (χ1n) is 5.93. The molecule has 0 fully saturated rings. The van der Waals surface area contributed by atoms with Crippen molar-refractivity contribution in [2.24, 2.45) is 0 Å². The average Bonchev–Trinajstić information content (AvgIpc) is 2.57. The zero-order chi connectivity index (χ0) is 12.0. The lowest BCUT2D eigenvalue weighted by Gasteiger charge is -1.96. The number of carboxylic acids is 1. The van der Waals surface area contributed by atoms with E-state index in [4.69, 9.17) is 9.52 Å². The predicted molar refractivity (Wildman–Crippen MR) is 62.6 cm³/mol. The molecule has 0 saturated carbocycles. The molecule has 0 spiro atoms. The summed E-state index contributed by atoms with van der Waals surface area (Å²) in [6.07, 6.45) is 5.15. The van der Waals surface area contributed by atoms with Gasteiger partial charge in [-0.3, -0.25) is 4.79 Å². The van der Waals surface area contributed by atoms with E-state index in [0.717, 1.165) is 29.9 Å². The Labute approximate surface area is 96.5 Å². The van der Waals surface area contributed by atoms with E-state index in [0.29, 0.717) is 6.42 Å². The van der Waals surface area contributed by atoms with Gasteiger partial charge >= 0.3 is 5.97 Å². The fraction of sp³-hybridized carbons (Fsp3) is 0.615. The van der Waals surface area contributed by atoms with Crippen molar-refractivity contribution >= 4 is 5.97 Å². The van der Waals surface area contributed by atoms with Crippen LogP contribution in [0, 0.1) is 6.92 Å². The molecular formula is C13H20O3. The van der Waals surface area contributed by atoms with E-state index in [-0.39, 0.29) is 6.42 Å². The van der Waals surface area contributed by atoms with Gasteiger partial charge in [-0.15, -0.1) is 0 Å². The fourth-order valence-corrected chi connectivity index (χ4v) is 1.73. The molecule has 3 nitrogen and oxygen atoms in total. The molecule has 0 unspecified atom stereocenters. The normalized spacial score (nSPS) is 10.6. The molecule has 0 aliphatic carbocycles. The van der Waals surface area contributed by atoms with Crippen LogP contribution in [-0.2, 0) is 17.6 Å². The first kappa shape index (κ1) is 12.8. The van der Waals surface area contributed by atoms with Crippen LogP contribution in [0.25, 0.3) is 0 Å². The van der Waals surface area contributed by atoms with Gasteiger partial charge in [-0.05, 0) is 25.0 Å². The van der Waals surface area contributed by atoms with Gasteiger partial charge in [0.05, 0.1) is 6.42 Å². The highest BCUT2D eigenvalue weighted by Gasteiger charge is 2.09. The number of carboxylic acid groups (broad SMARTS) is 1. The minimum absolute atomic E-state index is 0.142. The van der Waals surface area contributed by atoms with Gasteiger partial charge < -0.3 is 9.52 Å². The van der Waals surface area contributed by atoms with Crippen molar-refractivity contribution in [2.75, 3.05) is 0 Å². The Bertz CT molecular complexity index is 339. The molecule has 0 amide bonds. The number of hydrogen-bond donors (Lipinski definition) is 1. The van der Waals surface area contributed by atoms with Crippen molar-refractivity contribution in [1.82, 2.24) is 0 Å². The summed E-state index contributed by atoms with van der Waals surface area (Å²) in [5.74, 6) is 1.04. The van der Waals surface area contributed by atoms with Crippen LogP contribution in [0.1, 0.15) is 49.7 Å². The molecule has 0 aliphatic heterocycles. The molecule has 1 aromatic heterocycles. The number of furan rings is 1. The maximum absolute atomic E-state index is 10.5. The monoisotopic (exact) mass is 224 g/mol. The van der Waals surface area contributed by atoms with Gasteiger partial charge in [0.1, 0.15) is 11.5 Å². The molecule has 1 aromatic rings. The van der Waals surface area contributed by atoms with Crippen molar-refractivity contribution in [3.63, 3.8) is 0 Å². The van der Waals surface area contributed by atoms with Crippen molar-refractivity contribution in [3.8, 4) is 0 Å².